The third-order valence-electron chi connectivity index (χ3n) is 4.49. The number of urea groups is 1. The van der Waals surface area contributed by atoms with Crippen LogP contribution < -0.4 is 5.32 Å². The summed E-state index contributed by atoms with van der Waals surface area (Å²) >= 11 is 1.65. The molecule has 0 spiro atoms. The molecule has 5 heteroatoms. The van der Waals surface area contributed by atoms with Gasteiger partial charge in [-0.15, -0.1) is 11.3 Å². The number of fused-ring (bicyclic) bond motifs is 1. The van der Waals surface area contributed by atoms with Gasteiger partial charge in [0.05, 0.1) is 15.2 Å². The van der Waals surface area contributed by atoms with Crippen molar-refractivity contribution in [3.63, 3.8) is 0 Å². The molecule has 1 N–H and O–H groups in total. The average Bonchev–Trinajstić information content (AvgIpc) is 3.21. The monoisotopic (exact) mass is 337 g/mol. The van der Waals surface area contributed by atoms with Gasteiger partial charge in [-0.25, -0.2) is 9.78 Å². The van der Waals surface area contributed by atoms with Gasteiger partial charge in [-0.2, -0.15) is 0 Å². The van der Waals surface area contributed by atoms with Crippen LogP contribution in [0.25, 0.3) is 10.2 Å². The molecule has 0 radical (unpaired) electrons. The van der Waals surface area contributed by atoms with E-state index < -0.39 is 0 Å². The van der Waals surface area contributed by atoms with E-state index in [2.05, 4.69) is 34.6 Å². The van der Waals surface area contributed by atoms with Crippen LogP contribution in [0, 0.1) is 6.92 Å². The molecule has 1 aromatic heterocycles. The molecule has 1 aliphatic heterocycles. The van der Waals surface area contributed by atoms with E-state index in [1.165, 1.54) is 5.56 Å². The summed E-state index contributed by atoms with van der Waals surface area (Å²) in [6, 6.07) is 16.3. The Bertz CT molecular complexity index is 875. The molecular formula is C19H19N3OS. The number of benzene rings is 2. The molecule has 1 fully saturated rings. The molecule has 2 heterocycles. The fourth-order valence-corrected chi connectivity index (χ4v) is 4.13. The molecule has 3 aromatic rings. The molecule has 0 saturated carbocycles. The van der Waals surface area contributed by atoms with Crippen molar-refractivity contribution in [3.05, 3.63) is 59.1 Å². The number of anilines is 1. The Labute approximate surface area is 145 Å². The normalized spacial score (nSPS) is 17.4. The number of hydrogen-bond acceptors (Lipinski definition) is 3. The summed E-state index contributed by atoms with van der Waals surface area (Å²) in [5.74, 6) is 0.434. The maximum Gasteiger partial charge on any atom is 0.321 e. The molecule has 1 aliphatic rings. The van der Waals surface area contributed by atoms with Crippen LogP contribution in [0.5, 0.6) is 0 Å². The lowest BCUT2D eigenvalue weighted by atomic mass is 9.99. The summed E-state index contributed by atoms with van der Waals surface area (Å²) in [5.41, 5.74) is 3.13. The molecule has 2 aromatic carbocycles. The van der Waals surface area contributed by atoms with E-state index in [4.69, 9.17) is 0 Å². The SMILES string of the molecule is Cc1nc2ccc(NC(=O)N3CCC(c4ccccc4)C3)cc2s1. The Kier molecular flexibility index (Phi) is 3.94. The van der Waals surface area contributed by atoms with E-state index in [0.717, 1.165) is 40.4 Å². The topological polar surface area (TPSA) is 45.2 Å². The summed E-state index contributed by atoms with van der Waals surface area (Å²) in [4.78, 5) is 18.9. The number of rotatable bonds is 2. The van der Waals surface area contributed by atoms with Gasteiger partial charge in [-0.1, -0.05) is 30.3 Å². The summed E-state index contributed by atoms with van der Waals surface area (Å²) in [5, 5.41) is 4.06. The molecule has 0 bridgehead atoms. The molecule has 24 heavy (non-hydrogen) atoms. The van der Waals surface area contributed by atoms with Crippen LogP contribution in [-0.4, -0.2) is 29.0 Å². The van der Waals surface area contributed by atoms with Crippen molar-refractivity contribution in [1.82, 2.24) is 9.88 Å². The molecule has 1 saturated heterocycles. The third-order valence-corrected chi connectivity index (χ3v) is 5.43. The van der Waals surface area contributed by atoms with Gasteiger partial charge in [-0.3, -0.25) is 0 Å². The van der Waals surface area contributed by atoms with E-state index >= 15 is 0 Å². The number of aromatic nitrogens is 1. The smallest absolute Gasteiger partial charge is 0.321 e. The Balaban J connectivity index is 1.44. The van der Waals surface area contributed by atoms with Crippen LogP contribution in [0.1, 0.15) is 22.9 Å². The van der Waals surface area contributed by atoms with Gasteiger partial charge in [0, 0.05) is 24.7 Å². The number of carbonyl (C=O) groups excluding carboxylic acids is 1. The zero-order chi connectivity index (χ0) is 16.5. The lowest BCUT2D eigenvalue weighted by Crippen LogP contribution is -2.32. The Morgan fingerprint density at radius 3 is 2.92 bits per heavy atom. The van der Waals surface area contributed by atoms with Gasteiger partial charge in [-0.05, 0) is 37.1 Å². The number of nitrogens with zero attached hydrogens (tertiary/aromatic N) is 2. The Morgan fingerprint density at radius 1 is 1.25 bits per heavy atom. The maximum atomic E-state index is 12.5. The molecule has 122 valence electrons. The summed E-state index contributed by atoms with van der Waals surface area (Å²) < 4.78 is 1.11. The third kappa shape index (κ3) is 2.99. The van der Waals surface area contributed by atoms with Crippen LogP contribution in [0.3, 0.4) is 0 Å². The quantitative estimate of drug-likeness (QED) is 0.741. The fraction of sp³-hybridized carbons (Fsp3) is 0.263. The molecule has 4 rings (SSSR count). The zero-order valence-corrected chi connectivity index (χ0v) is 14.3. The van der Waals surface area contributed by atoms with E-state index in [1.54, 1.807) is 11.3 Å². The van der Waals surface area contributed by atoms with Gasteiger partial charge in [0.1, 0.15) is 0 Å². The fourth-order valence-electron chi connectivity index (χ4n) is 3.26. The lowest BCUT2D eigenvalue weighted by molar-refractivity contribution is 0.222. The molecular weight excluding hydrogens is 318 g/mol. The molecule has 2 amide bonds. The van der Waals surface area contributed by atoms with Crippen molar-refractivity contribution >= 4 is 33.3 Å². The predicted molar refractivity (Wildman–Crippen MR) is 98.7 cm³/mol. The number of hydrogen-bond donors (Lipinski definition) is 1. The minimum atomic E-state index is -0.0194. The van der Waals surface area contributed by atoms with Crippen molar-refractivity contribution in [2.24, 2.45) is 0 Å². The van der Waals surface area contributed by atoms with E-state index in [0.29, 0.717) is 5.92 Å². The summed E-state index contributed by atoms with van der Waals surface area (Å²) in [6.45, 7) is 3.57. The van der Waals surface area contributed by atoms with Crippen molar-refractivity contribution in [2.45, 2.75) is 19.3 Å². The van der Waals surface area contributed by atoms with Gasteiger partial charge >= 0.3 is 6.03 Å². The minimum Gasteiger partial charge on any atom is -0.324 e. The largest absolute Gasteiger partial charge is 0.324 e. The van der Waals surface area contributed by atoms with Crippen LogP contribution in [0.2, 0.25) is 0 Å². The number of nitrogens with one attached hydrogen (secondary N) is 1. The lowest BCUT2D eigenvalue weighted by Gasteiger charge is -2.17. The molecule has 1 unspecified atom stereocenters. The average molecular weight is 337 g/mol. The second kappa shape index (κ2) is 6.24. The summed E-state index contributed by atoms with van der Waals surface area (Å²) in [7, 11) is 0. The van der Waals surface area contributed by atoms with E-state index in [1.807, 2.05) is 36.1 Å². The van der Waals surface area contributed by atoms with Crippen LogP contribution >= 0.6 is 11.3 Å². The molecule has 1 atom stereocenters. The highest BCUT2D eigenvalue weighted by Gasteiger charge is 2.27. The predicted octanol–water partition coefficient (Wildman–Crippen LogP) is 4.63. The first-order valence-corrected chi connectivity index (χ1v) is 8.99. The highest BCUT2D eigenvalue weighted by atomic mass is 32.1. The van der Waals surface area contributed by atoms with Crippen molar-refractivity contribution in [3.8, 4) is 0 Å². The second-order valence-corrected chi connectivity index (χ2v) is 7.42. The minimum absolute atomic E-state index is 0.0194. The number of likely N-dealkylation sites (tertiary alicyclic amines) is 1. The first-order chi connectivity index (χ1) is 11.7. The van der Waals surface area contributed by atoms with E-state index in [9.17, 15) is 4.79 Å². The maximum absolute atomic E-state index is 12.5. The van der Waals surface area contributed by atoms with Crippen molar-refractivity contribution in [2.75, 3.05) is 18.4 Å². The first kappa shape index (κ1) is 15.1. The number of carbonyl (C=O) groups is 1. The van der Waals surface area contributed by atoms with E-state index in [-0.39, 0.29) is 6.03 Å². The van der Waals surface area contributed by atoms with Gasteiger partial charge in [0.2, 0.25) is 0 Å². The zero-order valence-electron chi connectivity index (χ0n) is 13.5. The van der Waals surface area contributed by atoms with Crippen molar-refractivity contribution in [1.29, 1.82) is 0 Å². The van der Waals surface area contributed by atoms with Gasteiger partial charge in [0.15, 0.2) is 0 Å². The second-order valence-electron chi connectivity index (χ2n) is 6.19. The van der Waals surface area contributed by atoms with Crippen LogP contribution in [-0.2, 0) is 0 Å². The highest BCUT2D eigenvalue weighted by molar-refractivity contribution is 7.18. The summed E-state index contributed by atoms with van der Waals surface area (Å²) in [6.07, 6.45) is 1.02. The number of aryl methyl sites for hydroxylation is 1. The molecule has 4 nitrogen and oxygen atoms in total. The highest BCUT2D eigenvalue weighted by Crippen LogP contribution is 2.28. The Hall–Kier alpha value is -2.40. The molecule has 0 aliphatic carbocycles. The first-order valence-electron chi connectivity index (χ1n) is 8.17. The van der Waals surface area contributed by atoms with Gasteiger partial charge < -0.3 is 10.2 Å². The standard InChI is InChI=1S/C19H19N3OS/c1-13-20-17-8-7-16(11-18(17)24-13)21-19(23)22-10-9-15(12-22)14-5-3-2-4-6-14/h2-8,11,15H,9-10,12H2,1H3,(H,21,23). The van der Waals surface area contributed by atoms with Crippen LogP contribution in [0.15, 0.2) is 48.5 Å². The van der Waals surface area contributed by atoms with Crippen molar-refractivity contribution < 1.29 is 4.79 Å². The van der Waals surface area contributed by atoms with Crippen LogP contribution in [0.4, 0.5) is 10.5 Å². The number of amides is 2. The van der Waals surface area contributed by atoms with Gasteiger partial charge in [0.25, 0.3) is 0 Å². The Morgan fingerprint density at radius 2 is 2.08 bits per heavy atom. The number of thiazole rings is 1.